The van der Waals surface area contributed by atoms with Gasteiger partial charge in [-0.1, -0.05) is 35.6 Å². The van der Waals surface area contributed by atoms with Crippen molar-refractivity contribution in [1.82, 2.24) is 10.2 Å². The number of nitrogens with zero attached hydrogens (tertiary/aromatic N) is 2. The Morgan fingerprint density at radius 1 is 1.00 bits per heavy atom. The summed E-state index contributed by atoms with van der Waals surface area (Å²) in [5.41, 5.74) is 4.55. The van der Waals surface area contributed by atoms with Crippen LogP contribution in [-0.2, 0) is 0 Å². The van der Waals surface area contributed by atoms with Crippen molar-refractivity contribution in [1.29, 1.82) is 0 Å². The molecule has 0 aliphatic carbocycles. The van der Waals surface area contributed by atoms with Gasteiger partial charge in [0.25, 0.3) is 0 Å². The average Bonchev–Trinajstić information content (AvgIpc) is 2.94. The Kier molecular flexibility index (Phi) is 3.73. The predicted molar refractivity (Wildman–Crippen MR) is 87.2 cm³/mol. The molecule has 4 nitrogen and oxygen atoms in total. The van der Waals surface area contributed by atoms with E-state index in [1.54, 1.807) is 23.5 Å². The van der Waals surface area contributed by atoms with Gasteiger partial charge in [-0.25, -0.2) is 4.79 Å². The van der Waals surface area contributed by atoms with E-state index in [9.17, 15) is 4.79 Å². The van der Waals surface area contributed by atoms with Gasteiger partial charge in [0.2, 0.25) is 0 Å². The van der Waals surface area contributed by atoms with Crippen LogP contribution in [0.15, 0.2) is 42.5 Å². The lowest BCUT2D eigenvalue weighted by atomic mass is 9.98. The van der Waals surface area contributed by atoms with Crippen molar-refractivity contribution in [2.45, 2.75) is 13.8 Å². The van der Waals surface area contributed by atoms with Crippen LogP contribution in [0.2, 0.25) is 0 Å². The highest BCUT2D eigenvalue weighted by molar-refractivity contribution is 7.14. The number of benzene rings is 2. The molecule has 0 saturated carbocycles. The molecule has 0 fully saturated rings. The van der Waals surface area contributed by atoms with Crippen LogP contribution in [0.4, 0.5) is 0 Å². The highest BCUT2D eigenvalue weighted by atomic mass is 32.1. The number of carboxylic acid groups (broad SMARTS) is 1. The van der Waals surface area contributed by atoms with Crippen LogP contribution in [-0.4, -0.2) is 21.3 Å². The number of aryl methyl sites for hydroxylation is 2. The van der Waals surface area contributed by atoms with Crippen molar-refractivity contribution in [2.75, 3.05) is 0 Å². The fourth-order valence-electron chi connectivity index (χ4n) is 2.33. The standard InChI is InChI=1S/C17H14N2O2S/c1-10-9-14(16-19-18-11(2)22-16)7-8-15(10)12-3-5-13(6-4-12)17(20)21/h3-9H,1-2H3,(H,20,21). The molecule has 3 rings (SSSR count). The molecule has 0 aliphatic heterocycles. The topological polar surface area (TPSA) is 63.1 Å². The number of carboxylic acids is 1. The van der Waals surface area contributed by atoms with Gasteiger partial charge in [0.1, 0.15) is 10.0 Å². The van der Waals surface area contributed by atoms with E-state index in [0.717, 1.165) is 32.3 Å². The number of aromatic nitrogens is 2. The lowest BCUT2D eigenvalue weighted by molar-refractivity contribution is 0.0697. The van der Waals surface area contributed by atoms with Gasteiger partial charge in [-0.05, 0) is 48.7 Å². The molecule has 5 heteroatoms. The summed E-state index contributed by atoms with van der Waals surface area (Å²) in [6.07, 6.45) is 0. The fourth-order valence-corrected chi connectivity index (χ4v) is 3.01. The van der Waals surface area contributed by atoms with Crippen molar-refractivity contribution in [3.63, 3.8) is 0 Å². The van der Waals surface area contributed by atoms with Crippen LogP contribution in [0.1, 0.15) is 20.9 Å². The second-order valence-electron chi connectivity index (χ2n) is 5.04. The van der Waals surface area contributed by atoms with Gasteiger partial charge >= 0.3 is 5.97 Å². The molecule has 0 bridgehead atoms. The van der Waals surface area contributed by atoms with Crippen molar-refractivity contribution in [3.8, 4) is 21.7 Å². The van der Waals surface area contributed by atoms with Crippen LogP contribution in [0.3, 0.4) is 0 Å². The first-order valence-corrected chi connectivity index (χ1v) is 7.61. The van der Waals surface area contributed by atoms with E-state index in [1.807, 2.05) is 38.1 Å². The highest BCUT2D eigenvalue weighted by Crippen LogP contribution is 2.30. The number of hydrogen-bond acceptors (Lipinski definition) is 4. The minimum Gasteiger partial charge on any atom is -0.478 e. The maximum atomic E-state index is 10.9. The van der Waals surface area contributed by atoms with Crippen LogP contribution < -0.4 is 0 Å². The van der Waals surface area contributed by atoms with Gasteiger partial charge in [-0.2, -0.15) is 0 Å². The van der Waals surface area contributed by atoms with Crippen molar-refractivity contribution in [3.05, 3.63) is 58.6 Å². The van der Waals surface area contributed by atoms with Crippen LogP contribution in [0.25, 0.3) is 21.7 Å². The summed E-state index contributed by atoms with van der Waals surface area (Å²) >= 11 is 1.57. The molecular formula is C17H14N2O2S. The molecule has 0 saturated heterocycles. The molecule has 1 N–H and O–H groups in total. The summed E-state index contributed by atoms with van der Waals surface area (Å²) in [6, 6.07) is 13.1. The summed E-state index contributed by atoms with van der Waals surface area (Å²) in [5, 5.41) is 19.0. The first kappa shape index (κ1) is 14.4. The molecule has 22 heavy (non-hydrogen) atoms. The second-order valence-corrected chi connectivity index (χ2v) is 6.22. The number of carbonyl (C=O) groups is 1. The summed E-state index contributed by atoms with van der Waals surface area (Å²) in [7, 11) is 0. The van der Waals surface area contributed by atoms with Gasteiger partial charge in [-0.3, -0.25) is 0 Å². The lowest BCUT2D eigenvalue weighted by Gasteiger charge is -2.08. The van der Waals surface area contributed by atoms with E-state index in [1.165, 1.54) is 0 Å². The fraction of sp³-hybridized carbons (Fsp3) is 0.118. The zero-order valence-corrected chi connectivity index (χ0v) is 13.0. The third-order valence-corrected chi connectivity index (χ3v) is 4.33. The van der Waals surface area contributed by atoms with Gasteiger partial charge in [0.15, 0.2) is 0 Å². The molecule has 110 valence electrons. The number of hydrogen-bond donors (Lipinski definition) is 1. The SMILES string of the molecule is Cc1nnc(-c2ccc(-c3ccc(C(=O)O)cc3)c(C)c2)s1. The highest BCUT2D eigenvalue weighted by Gasteiger charge is 2.09. The normalized spacial score (nSPS) is 10.6. The number of rotatable bonds is 3. The summed E-state index contributed by atoms with van der Waals surface area (Å²) in [4.78, 5) is 10.9. The summed E-state index contributed by atoms with van der Waals surface area (Å²) < 4.78 is 0. The molecule has 0 spiro atoms. The first-order chi connectivity index (χ1) is 10.5. The zero-order valence-electron chi connectivity index (χ0n) is 12.2. The van der Waals surface area contributed by atoms with E-state index < -0.39 is 5.97 Å². The molecule has 0 atom stereocenters. The Labute approximate surface area is 132 Å². The van der Waals surface area contributed by atoms with E-state index in [-0.39, 0.29) is 0 Å². The molecule has 0 radical (unpaired) electrons. The molecular weight excluding hydrogens is 296 g/mol. The van der Waals surface area contributed by atoms with E-state index in [4.69, 9.17) is 5.11 Å². The Morgan fingerprint density at radius 2 is 1.68 bits per heavy atom. The van der Waals surface area contributed by atoms with Crippen molar-refractivity contribution >= 4 is 17.3 Å². The minimum atomic E-state index is -0.912. The molecule has 1 aromatic heterocycles. The van der Waals surface area contributed by atoms with Gasteiger partial charge in [-0.15, -0.1) is 10.2 Å². The minimum absolute atomic E-state index is 0.294. The molecule has 2 aromatic carbocycles. The molecule has 1 heterocycles. The van der Waals surface area contributed by atoms with Crippen LogP contribution in [0.5, 0.6) is 0 Å². The average molecular weight is 310 g/mol. The molecule has 0 unspecified atom stereocenters. The first-order valence-electron chi connectivity index (χ1n) is 6.79. The largest absolute Gasteiger partial charge is 0.478 e. The van der Waals surface area contributed by atoms with Crippen LogP contribution >= 0.6 is 11.3 Å². The van der Waals surface area contributed by atoms with Crippen LogP contribution in [0, 0.1) is 13.8 Å². The Bertz CT molecular complexity index is 838. The van der Waals surface area contributed by atoms with Gasteiger partial charge < -0.3 is 5.11 Å². The molecule has 0 amide bonds. The van der Waals surface area contributed by atoms with Crippen molar-refractivity contribution in [2.24, 2.45) is 0 Å². The maximum absolute atomic E-state index is 10.9. The third kappa shape index (κ3) is 2.76. The summed E-state index contributed by atoms with van der Waals surface area (Å²) in [5.74, 6) is -0.912. The Hall–Kier alpha value is -2.53. The lowest BCUT2D eigenvalue weighted by Crippen LogP contribution is -1.95. The monoisotopic (exact) mass is 310 g/mol. The van der Waals surface area contributed by atoms with Crippen molar-refractivity contribution < 1.29 is 9.90 Å². The zero-order chi connectivity index (χ0) is 15.7. The number of aromatic carboxylic acids is 1. The van der Waals surface area contributed by atoms with Gasteiger partial charge in [0, 0.05) is 5.56 Å². The predicted octanol–water partition coefficient (Wildman–Crippen LogP) is 4.19. The maximum Gasteiger partial charge on any atom is 0.335 e. The quantitative estimate of drug-likeness (QED) is 0.788. The van der Waals surface area contributed by atoms with Gasteiger partial charge in [0.05, 0.1) is 5.56 Å². The van der Waals surface area contributed by atoms with E-state index >= 15 is 0 Å². The molecule has 3 aromatic rings. The Balaban J connectivity index is 1.96. The second kappa shape index (κ2) is 5.69. The molecule has 0 aliphatic rings. The summed E-state index contributed by atoms with van der Waals surface area (Å²) in [6.45, 7) is 3.98. The third-order valence-electron chi connectivity index (χ3n) is 3.44. The van der Waals surface area contributed by atoms with E-state index in [0.29, 0.717) is 5.56 Å². The van der Waals surface area contributed by atoms with E-state index in [2.05, 4.69) is 16.3 Å². The smallest absolute Gasteiger partial charge is 0.335 e. The Morgan fingerprint density at radius 3 is 2.23 bits per heavy atom.